The van der Waals surface area contributed by atoms with Gasteiger partial charge in [-0.3, -0.25) is 20.4 Å². The van der Waals surface area contributed by atoms with E-state index in [9.17, 15) is 9.59 Å². The summed E-state index contributed by atoms with van der Waals surface area (Å²) in [5.41, 5.74) is 4.91. The number of nitrogens with one attached hydrogen (secondary N) is 2. The number of carbonyl (C=O) groups excluding carboxylic acids is 2. The molecule has 13 heteroatoms. The molecule has 0 atom stereocenters. The number of benzene rings is 4. The Kier molecular flexibility index (Phi) is 13.2. The third-order valence-corrected chi connectivity index (χ3v) is 9.54. The third-order valence-electron chi connectivity index (χ3n) is 8.40. The summed E-state index contributed by atoms with van der Waals surface area (Å²) in [6, 6.07) is 27.4. The van der Waals surface area contributed by atoms with Crippen LogP contribution in [0.4, 0.5) is 0 Å². The van der Waals surface area contributed by atoms with Crippen molar-refractivity contribution >= 4 is 72.8 Å². The van der Waals surface area contributed by atoms with Gasteiger partial charge in [-0.05, 0) is 49.2 Å². The van der Waals surface area contributed by atoms with E-state index < -0.39 is 0 Å². The van der Waals surface area contributed by atoms with Gasteiger partial charge in [0.1, 0.15) is 0 Å². The number of hydrogen-bond acceptors (Lipinski definition) is 6. The molecular formula is C38H39BrCl2N6O4. The summed E-state index contributed by atoms with van der Waals surface area (Å²) >= 11 is 16.1. The topological polar surface area (TPSA) is 120 Å². The van der Waals surface area contributed by atoms with Crippen LogP contribution in [0.25, 0.3) is 22.1 Å². The summed E-state index contributed by atoms with van der Waals surface area (Å²) in [6.07, 6.45) is 1.53. The molecule has 2 heterocycles. The minimum Gasteiger partial charge on any atom is -0.385 e. The van der Waals surface area contributed by atoms with Gasteiger partial charge in [0, 0.05) is 56.1 Å². The lowest BCUT2D eigenvalue weighted by Gasteiger charge is -2.05. The lowest BCUT2D eigenvalue weighted by atomic mass is 10.1. The average molecular weight is 795 g/mol. The largest absolute Gasteiger partial charge is 0.385 e. The van der Waals surface area contributed by atoms with Crippen LogP contribution in [0.15, 0.2) is 95.5 Å². The molecule has 0 aliphatic heterocycles. The number of aryl methyl sites for hydroxylation is 2. The molecule has 266 valence electrons. The normalized spacial score (nSPS) is 11.2. The molecular weight excluding hydrogens is 755 g/mol. The molecule has 0 fully saturated rings. The molecule has 0 amide bonds. The molecule has 0 aliphatic carbocycles. The van der Waals surface area contributed by atoms with Crippen LogP contribution in [0.1, 0.15) is 33.6 Å². The molecule has 0 saturated carbocycles. The SMILES string of the molecule is COCCCn1c(=N)n(CC(=O)c2ccc(Br)cc2)c2cccc(Cl)c21.COCCCn1c(=N)n(CC(=O)c2ccccc2)c2cccc(Cl)c21. The van der Waals surface area contributed by atoms with Crippen LogP contribution >= 0.6 is 39.1 Å². The molecule has 10 nitrogen and oxygen atoms in total. The van der Waals surface area contributed by atoms with Crippen LogP contribution in [0.3, 0.4) is 0 Å². The molecule has 2 aromatic heterocycles. The summed E-state index contributed by atoms with van der Waals surface area (Å²) < 4.78 is 18.2. The standard InChI is InChI=1S/C19H19BrClN3O2.C19H20ClN3O2/c1-26-11-3-10-23-18-15(21)4-2-5-16(18)24(19(23)22)12-17(25)13-6-8-14(20)9-7-13;1-25-12-6-11-22-18-15(20)9-5-10-16(18)23(19(22)21)13-17(24)14-7-3-2-4-8-14/h2,4-9,22H,3,10-12H2,1H3;2-5,7-10,21H,6,11-13H2,1H3. The zero-order valence-electron chi connectivity index (χ0n) is 28.4. The smallest absolute Gasteiger partial charge is 0.203 e. The lowest BCUT2D eigenvalue weighted by Crippen LogP contribution is -2.27. The van der Waals surface area contributed by atoms with Gasteiger partial charge in [0.15, 0.2) is 11.6 Å². The highest BCUT2D eigenvalue weighted by Gasteiger charge is 2.18. The summed E-state index contributed by atoms with van der Waals surface area (Å²) in [4.78, 5) is 25.3. The van der Waals surface area contributed by atoms with E-state index in [4.69, 9.17) is 43.5 Å². The number of fused-ring (bicyclic) bond motifs is 2. The summed E-state index contributed by atoms with van der Waals surface area (Å²) in [5.74, 6) is -0.0815. The third kappa shape index (κ3) is 8.80. The van der Waals surface area contributed by atoms with Crippen molar-refractivity contribution in [3.8, 4) is 0 Å². The maximum Gasteiger partial charge on any atom is 0.203 e. The molecule has 0 spiro atoms. The van der Waals surface area contributed by atoms with Gasteiger partial charge in [0.2, 0.25) is 11.2 Å². The first-order chi connectivity index (χ1) is 24.7. The van der Waals surface area contributed by atoms with Crippen LogP contribution in [0.2, 0.25) is 10.0 Å². The number of ether oxygens (including phenoxy) is 2. The zero-order valence-corrected chi connectivity index (χ0v) is 31.5. The van der Waals surface area contributed by atoms with Crippen LogP contribution in [-0.2, 0) is 35.7 Å². The highest BCUT2D eigenvalue weighted by atomic mass is 79.9. The Morgan fingerprint density at radius 1 is 0.608 bits per heavy atom. The first-order valence-electron chi connectivity index (χ1n) is 16.3. The Morgan fingerprint density at radius 2 is 1.04 bits per heavy atom. The number of methoxy groups -OCH3 is 2. The van der Waals surface area contributed by atoms with E-state index >= 15 is 0 Å². The second-order valence-corrected chi connectivity index (χ2v) is 13.5. The van der Waals surface area contributed by atoms with Gasteiger partial charge in [-0.25, -0.2) is 0 Å². The molecule has 2 N–H and O–H groups in total. The number of aromatic nitrogens is 4. The fourth-order valence-corrected chi connectivity index (χ4v) is 6.74. The van der Waals surface area contributed by atoms with Crippen LogP contribution in [0, 0.1) is 10.8 Å². The highest BCUT2D eigenvalue weighted by molar-refractivity contribution is 9.10. The Balaban J connectivity index is 0.000000198. The molecule has 6 aromatic rings. The maximum absolute atomic E-state index is 12.7. The molecule has 0 aliphatic rings. The fourth-order valence-electron chi connectivity index (χ4n) is 5.93. The van der Waals surface area contributed by atoms with Crippen molar-refractivity contribution in [3.63, 3.8) is 0 Å². The Morgan fingerprint density at radius 3 is 1.47 bits per heavy atom. The molecule has 51 heavy (non-hydrogen) atoms. The van der Waals surface area contributed by atoms with Crippen molar-refractivity contribution in [1.29, 1.82) is 10.8 Å². The van der Waals surface area contributed by atoms with Crippen LogP contribution in [0.5, 0.6) is 0 Å². The summed E-state index contributed by atoms with van der Waals surface area (Å²) in [7, 11) is 3.31. The Bertz CT molecular complexity index is 2260. The van der Waals surface area contributed by atoms with Crippen molar-refractivity contribution in [2.24, 2.45) is 0 Å². The second kappa shape index (κ2) is 17.8. The van der Waals surface area contributed by atoms with Crippen molar-refractivity contribution in [2.75, 3.05) is 27.4 Å². The number of hydrogen-bond donors (Lipinski definition) is 2. The Labute approximate surface area is 313 Å². The number of Topliss-reactive ketones (excluding diaryl/α,β-unsaturated/α-hetero) is 2. The van der Waals surface area contributed by atoms with Gasteiger partial charge in [0.25, 0.3) is 0 Å². The van der Waals surface area contributed by atoms with E-state index in [0.29, 0.717) is 47.5 Å². The van der Waals surface area contributed by atoms with Gasteiger partial charge in [-0.1, -0.05) is 93.7 Å². The predicted molar refractivity (Wildman–Crippen MR) is 204 cm³/mol. The fraction of sp³-hybridized carbons (Fsp3) is 0.263. The van der Waals surface area contributed by atoms with E-state index in [1.54, 1.807) is 59.8 Å². The lowest BCUT2D eigenvalue weighted by molar-refractivity contribution is 0.0963. The van der Waals surface area contributed by atoms with Crippen LogP contribution in [-0.4, -0.2) is 57.3 Å². The first kappa shape index (κ1) is 38.0. The van der Waals surface area contributed by atoms with Gasteiger partial charge in [-0.15, -0.1) is 0 Å². The highest BCUT2D eigenvalue weighted by Crippen LogP contribution is 2.25. The van der Waals surface area contributed by atoms with Gasteiger partial charge < -0.3 is 27.7 Å². The second-order valence-electron chi connectivity index (χ2n) is 11.7. The molecule has 0 bridgehead atoms. The number of halogens is 3. The number of ketones is 2. The molecule has 4 aromatic carbocycles. The van der Waals surface area contributed by atoms with Crippen LogP contribution < -0.4 is 11.2 Å². The predicted octanol–water partition coefficient (Wildman–Crippen LogP) is 7.75. The quantitative estimate of drug-likeness (QED) is 0.0866. The number of carbonyl (C=O) groups is 2. The maximum atomic E-state index is 12.7. The number of nitrogens with zero attached hydrogens (tertiary/aromatic N) is 4. The Hall–Kier alpha value is -4.26. The summed E-state index contributed by atoms with van der Waals surface area (Å²) in [6.45, 7) is 2.62. The van der Waals surface area contributed by atoms with Gasteiger partial charge in [-0.2, -0.15) is 0 Å². The summed E-state index contributed by atoms with van der Waals surface area (Å²) in [5, 5.41) is 18.3. The van der Waals surface area contributed by atoms with Gasteiger partial charge in [0.05, 0.1) is 45.2 Å². The zero-order chi connectivity index (χ0) is 36.5. The minimum atomic E-state index is -0.0492. The number of rotatable bonds is 14. The van der Waals surface area contributed by atoms with Gasteiger partial charge >= 0.3 is 0 Å². The van der Waals surface area contributed by atoms with Crippen molar-refractivity contribution in [1.82, 2.24) is 18.3 Å². The van der Waals surface area contributed by atoms with E-state index in [1.165, 1.54) is 0 Å². The molecule has 0 saturated heterocycles. The number of imidazole rings is 2. The van der Waals surface area contributed by atoms with E-state index in [0.717, 1.165) is 39.4 Å². The first-order valence-corrected chi connectivity index (χ1v) is 17.9. The van der Waals surface area contributed by atoms with Crippen molar-refractivity contribution in [3.05, 3.63) is 128 Å². The minimum absolute atomic E-state index is 0.0324. The monoisotopic (exact) mass is 792 g/mol. The van der Waals surface area contributed by atoms with Crippen molar-refractivity contribution in [2.45, 2.75) is 39.0 Å². The number of para-hydroxylation sites is 2. The molecule has 6 rings (SSSR count). The molecule has 0 radical (unpaired) electrons. The molecule has 0 unspecified atom stereocenters. The average Bonchev–Trinajstić information content (AvgIpc) is 3.56. The van der Waals surface area contributed by atoms with Crippen molar-refractivity contribution < 1.29 is 19.1 Å². The van der Waals surface area contributed by atoms with E-state index in [-0.39, 0.29) is 35.9 Å². The van der Waals surface area contributed by atoms with E-state index in [1.807, 2.05) is 63.7 Å². The van der Waals surface area contributed by atoms with E-state index in [2.05, 4.69) is 15.9 Å².